The lowest BCUT2D eigenvalue weighted by Crippen LogP contribution is -2.53. The van der Waals surface area contributed by atoms with Gasteiger partial charge in [0.25, 0.3) is 0 Å². The van der Waals surface area contributed by atoms with Crippen LogP contribution < -0.4 is 9.62 Å². The van der Waals surface area contributed by atoms with Gasteiger partial charge in [-0.1, -0.05) is 61.7 Å². The maximum absolute atomic E-state index is 13.7. The van der Waals surface area contributed by atoms with E-state index < -0.39 is 22.0 Å². The van der Waals surface area contributed by atoms with Gasteiger partial charge in [-0.15, -0.1) is 0 Å². The Morgan fingerprint density at radius 1 is 1.03 bits per heavy atom. The van der Waals surface area contributed by atoms with Crippen LogP contribution in [0, 0.1) is 13.8 Å². The molecule has 2 aromatic carbocycles. The Hall–Kier alpha value is -2.87. The summed E-state index contributed by atoms with van der Waals surface area (Å²) in [6.45, 7) is 5.59. The second-order valence-electron chi connectivity index (χ2n) is 9.53. The molecular weight excluding hydrogens is 462 g/mol. The third-order valence-corrected chi connectivity index (χ3v) is 7.67. The van der Waals surface area contributed by atoms with Gasteiger partial charge in [0.05, 0.1) is 11.9 Å². The molecule has 0 saturated heterocycles. The highest BCUT2D eigenvalue weighted by molar-refractivity contribution is 7.92. The van der Waals surface area contributed by atoms with Crippen molar-refractivity contribution in [1.82, 2.24) is 10.2 Å². The number of rotatable bonds is 10. The van der Waals surface area contributed by atoms with Gasteiger partial charge in [0.15, 0.2) is 0 Å². The predicted octanol–water partition coefficient (Wildman–Crippen LogP) is 3.94. The molecule has 190 valence electrons. The van der Waals surface area contributed by atoms with Gasteiger partial charge >= 0.3 is 0 Å². The van der Waals surface area contributed by atoms with E-state index in [1.807, 2.05) is 51.1 Å². The van der Waals surface area contributed by atoms with E-state index in [4.69, 9.17) is 0 Å². The molecule has 1 saturated carbocycles. The molecule has 1 aliphatic rings. The van der Waals surface area contributed by atoms with Gasteiger partial charge in [-0.05, 0) is 56.4 Å². The summed E-state index contributed by atoms with van der Waals surface area (Å²) in [5, 5.41) is 3.12. The smallest absolute Gasteiger partial charge is 0.244 e. The maximum atomic E-state index is 13.7. The number of nitrogens with zero attached hydrogens (tertiary/aromatic N) is 2. The lowest BCUT2D eigenvalue weighted by atomic mass is 10.1. The molecule has 2 amide bonds. The van der Waals surface area contributed by atoms with Crippen LogP contribution in [-0.2, 0) is 26.2 Å². The summed E-state index contributed by atoms with van der Waals surface area (Å²) in [7, 11) is -3.73. The van der Waals surface area contributed by atoms with E-state index in [9.17, 15) is 18.0 Å². The molecule has 1 fully saturated rings. The van der Waals surface area contributed by atoms with Crippen LogP contribution in [0.15, 0.2) is 48.5 Å². The molecule has 8 heteroatoms. The Kier molecular flexibility index (Phi) is 8.94. The van der Waals surface area contributed by atoms with Gasteiger partial charge in [-0.2, -0.15) is 0 Å². The molecule has 0 heterocycles. The quantitative estimate of drug-likeness (QED) is 0.537. The van der Waals surface area contributed by atoms with E-state index >= 15 is 0 Å². The monoisotopic (exact) mass is 499 g/mol. The number of aryl methyl sites for hydroxylation is 2. The maximum Gasteiger partial charge on any atom is 0.244 e. The first-order valence-corrected chi connectivity index (χ1v) is 14.1. The van der Waals surface area contributed by atoms with E-state index in [2.05, 4.69) is 5.32 Å². The number of carbonyl (C=O) groups is 2. The highest BCUT2D eigenvalue weighted by Crippen LogP contribution is 2.22. The summed E-state index contributed by atoms with van der Waals surface area (Å²) in [5.74, 6) is -0.591. The lowest BCUT2D eigenvalue weighted by molar-refractivity contribution is -0.140. The van der Waals surface area contributed by atoms with Gasteiger partial charge in [0.2, 0.25) is 21.8 Å². The normalized spacial score (nSPS) is 15.0. The van der Waals surface area contributed by atoms with E-state index in [1.54, 1.807) is 18.2 Å². The molecule has 7 nitrogen and oxygen atoms in total. The minimum absolute atomic E-state index is 0.132. The van der Waals surface area contributed by atoms with Crippen LogP contribution in [0.25, 0.3) is 0 Å². The minimum Gasteiger partial charge on any atom is -0.352 e. The van der Waals surface area contributed by atoms with Gasteiger partial charge in [-0.25, -0.2) is 8.42 Å². The SMILES string of the molecule is CC[C@@H](C(=O)NC1CCCC1)N(Cc1ccc(C)cc1)C(=O)CN(c1cccc(C)c1)S(C)(=O)=O. The van der Waals surface area contributed by atoms with Gasteiger partial charge < -0.3 is 10.2 Å². The molecule has 0 radical (unpaired) electrons. The molecule has 1 aliphatic carbocycles. The Labute approximate surface area is 209 Å². The number of hydrogen-bond acceptors (Lipinski definition) is 4. The summed E-state index contributed by atoms with van der Waals surface area (Å²) in [6, 6.07) is 14.3. The molecule has 35 heavy (non-hydrogen) atoms. The van der Waals surface area contributed by atoms with Crippen LogP contribution in [0.1, 0.15) is 55.7 Å². The number of hydrogen-bond donors (Lipinski definition) is 1. The predicted molar refractivity (Wildman–Crippen MR) is 140 cm³/mol. The average molecular weight is 500 g/mol. The van der Waals surface area contributed by atoms with Crippen molar-refractivity contribution in [3.8, 4) is 0 Å². The first kappa shape index (κ1) is 26.7. The van der Waals surface area contributed by atoms with E-state index in [0.717, 1.165) is 52.9 Å². The van der Waals surface area contributed by atoms with Crippen molar-refractivity contribution in [1.29, 1.82) is 0 Å². The van der Waals surface area contributed by atoms with E-state index in [-0.39, 0.29) is 25.0 Å². The number of benzene rings is 2. The average Bonchev–Trinajstić information content (AvgIpc) is 3.30. The van der Waals surface area contributed by atoms with Crippen molar-refractivity contribution < 1.29 is 18.0 Å². The van der Waals surface area contributed by atoms with Gasteiger partial charge in [0, 0.05) is 12.6 Å². The first-order chi connectivity index (χ1) is 16.6. The Morgan fingerprint density at radius 3 is 2.26 bits per heavy atom. The summed E-state index contributed by atoms with van der Waals surface area (Å²) < 4.78 is 26.5. The molecule has 0 aromatic heterocycles. The fourth-order valence-electron chi connectivity index (χ4n) is 4.57. The standard InChI is InChI=1S/C27H37N3O4S/c1-5-25(27(32)28-23-10-6-7-11-23)29(18-22-15-13-20(2)14-16-22)26(31)19-30(35(4,33)34)24-12-8-9-21(3)17-24/h8-9,12-17,23,25H,5-7,10-11,18-19H2,1-4H3,(H,28,32)/t25-/m0/s1. The molecule has 0 bridgehead atoms. The zero-order chi connectivity index (χ0) is 25.6. The third kappa shape index (κ3) is 7.31. The summed E-state index contributed by atoms with van der Waals surface area (Å²) in [6.07, 6.45) is 5.60. The zero-order valence-corrected chi connectivity index (χ0v) is 22.0. The number of carbonyl (C=O) groups excluding carboxylic acids is 2. The molecule has 0 unspecified atom stereocenters. The second-order valence-corrected chi connectivity index (χ2v) is 11.4. The van der Waals surface area contributed by atoms with Gasteiger partial charge in [0.1, 0.15) is 12.6 Å². The second kappa shape index (κ2) is 11.7. The van der Waals surface area contributed by atoms with E-state index in [1.165, 1.54) is 4.90 Å². The zero-order valence-electron chi connectivity index (χ0n) is 21.2. The van der Waals surface area contributed by atoms with Crippen LogP contribution >= 0.6 is 0 Å². The molecule has 3 rings (SSSR count). The van der Waals surface area contributed by atoms with Crippen LogP contribution in [0.2, 0.25) is 0 Å². The Morgan fingerprint density at radius 2 is 1.69 bits per heavy atom. The van der Waals surface area contributed by atoms with Crippen molar-refractivity contribution in [3.05, 3.63) is 65.2 Å². The summed E-state index contributed by atoms with van der Waals surface area (Å²) in [5.41, 5.74) is 3.31. The number of amides is 2. The molecule has 2 aromatic rings. The van der Waals surface area contributed by atoms with Crippen LogP contribution in [0.4, 0.5) is 5.69 Å². The summed E-state index contributed by atoms with van der Waals surface area (Å²) >= 11 is 0. The highest BCUT2D eigenvalue weighted by Gasteiger charge is 2.33. The molecular formula is C27H37N3O4S. The molecule has 0 aliphatic heterocycles. The summed E-state index contributed by atoms with van der Waals surface area (Å²) in [4.78, 5) is 28.5. The number of sulfonamides is 1. The van der Waals surface area contributed by atoms with Crippen LogP contribution in [0.3, 0.4) is 0 Å². The van der Waals surface area contributed by atoms with Crippen molar-refractivity contribution in [2.75, 3.05) is 17.1 Å². The Balaban J connectivity index is 1.91. The number of nitrogens with one attached hydrogen (secondary N) is 1. The first-order valence-electron chi connectivity index (χ1n) is 12.3. The van der Waals surface area contributed by atoms with Gasteiger partial charge in [-0.3, -0.25) is 13.9 Å². The molecule has 1 N–H and O–H groups in total. The van der Waals surface area contributed by atoms with Crippen molar-refractivity contribution in [2.24, 2.45) is 0 Å². The van der Waals surface area contributed by atoms with E-state index in [0.29, 0.717) is 12.1 Å². The third-order valence-electron chi connectivity index (χ3n) is 6.53. The minimum atomic E-state index is -3.73. The fraction of sp³-hybridized carbons (Fsp3) is 0.481. The fourth-order valence-corrected chi connectivity index (χ4v) is 5.42. The Bertz CT molecular complexity index is 1130. The lowest BCUT2D eigenvalue weighted by Gasteiger charge is -2.33. The van der Waals surface area contributed by atoms with Crippen LogP contribution in [0.5, 0.6) is 0 Å². The topological polar surface area (TPSA) is 86.8 Å². The molecule has 1 atom stereocenters. The van der Waals surface area contributed by atoms with Crippen molar-refractivity contribution >= 4 is 27.5 Å². The van der Waals surface area contributed by atoms with Crippen LogP contribution in [-0.4, -0.2) is 50.0 Å². The highest BCUT2D eigenvalue weighted by atomic mass is 32.2. The molecule has 0 spiro atoms. The van der Waals surface area contributed by atoms with Crippen molar-refractivity contribution in [3.63, 3.8) is 0 Å². The number of anilines is 1. The van der Waals surface area contributed by atoms with Crippen molar-refractivity contribution in [2.45, 2.75) is 71.5 Å². The largest absolute Gasteiger partial charge is 0.352 e.